The van der Waals surface area contributed by atoms with Crippen molar-refractivity contribution in [2.45, 2.75) is 38.5 Å². The zero-order chi connectivity index (χ0) is 18.2. The normalized spacial score (nSPS) is 14.7. The molecule has 0 aliphatic heterocycles. The number of ether oxygens (including phenoxy) is 2. The highest BCUT2D eigenvalue weighted by Gasteiger charge is 2.13. The smallest absolute Gasteiger partial charge is 0.259 e. The molecular formula is C22H27NO3. The first-order chi connectivity index (χ1) is 12.8. The molecule has 138 valence electrons. The predicted molar refractivity (Wildman–Crippen MR) is 104 cm³/mol. The number of benzene rings is 2. The van der Waals surface area contributed by atoms with Crippen LogP contribution >= 0.6 is 0 Å². The fraction of sp³-hybridized carbons (Fsp3) is 0.409. The molecule has 0 saturated heterocycles. The van der Waals surface area contributed by atoms with Crippen LogP contribution in [-0.4, -0.2) is 19.6 Å². The summed E-state index contributed by atoms with van der Waals surface area (Å²) in [4.78, 5) is 12.4. The molecule has 26 heavy (non-hydrogen) atoms. The van der Waals surface area contributed by atoms with E-state index in [-0.39, 0.29) is 5.91 Å². The number of methoxy groups -OCH3 is 1. The molecule has 0 heterocycles. The van der Waals surface area contributed by atoms with Gasteiger partial charge in [-0.3, -0.25) is 4.79 Å². The molecule has 2 aromatic rings. The molecule has 1 fully saturated rings. The maximum atomic E-state index is 12.4. The van der Waals surface area contributed by atoms with Gasteiger partial charge in [-0.05, 0) is 48.7 Å². The van der Waals surface area contributed by atoms with Crippen molar-refractivity contribution in [3.63, 3.8) is 0 Å². The van der Waals surface area contributed by atoms with Crippen LogP contribution in [0.2, 0.25) is 0 Å². The number of carbonyl (C=O) groups is 1. The highest BCUT2D eigenvalue weighted by atomic mass is 16.5. The van der Waals surface area contributed by atoms with Crippen LogP contribution in [0.3, 0.4) is 0 Å². The minimum absolute atomic E-state index is 0.187. The number of anilines is 1. The fourth-order valence-corrected chi connectivity index (χ4v) is 3.48. The Hall–Kier alpha value is -2.49. The van der Waals surface area contributed by atoms with Crippen LogP contribution in [0.4, 0.5) is 5.69 Å². The van der Waals surface area contributed by atoms with Crippen LogP contribution in [0.1, 0.15) is 48.9 Å². The second kappa shape index (κ2) is 9.27. The van der Waals surface area contributed by atoms with Gasteiger partial charge in [0.2, 0.25) is 0 Å². The average molecular weight is 353 g/mol. The lowest BCUT2D eigenvalue weighted by Gasteiger charge is -2.21. The Balaban J connectivity index is 1.50. The summed E-state index contributed by atoms with van der Waals surface area (Å²) in [7, 11) is 1.56. The molecule has 3 rings (SSSR count). The van der Waals surface area contributed by atoms with Gasteiger partial charge in [-0.15, -0.1) is 0 Å². The van der Waals surface area contributed by atoms with Gasteiger partial charge >= 0.3 is 0 Å². The first-order valence-corrected chi connectivity index (χ1v) is 9.43. The minimum Gasteiger partial charge on any atom is -0.496 e. The van der Waals surface area contributed by atoms with Crippen molar-refractivity contribution in [3.8, 4) is 11.5 Å². The monoisotopic (exact) mass is 353 g/mol. The van der Waals surface area contributed by atoms with Crippen LogP contribution < -0.4 is 14.8 Å². The molecule has 0 unspecified atom stereocenters. The van der Waals surface area contributed by atoms with Crippen molar-refractivity contribution in [3.05, 3.63) is 54.1 Å². The van der Waals surface area contributed by atoms with E-state index in [1.54, 1.807) is 19.2 Å². The summed E-state index contributed by atoms with van der Waals surface area (Å²) in [5.41, 5.74) is 1.25. The molecule has 1 aliphatic carbocycles. The van der Waals surface area contributed by atoms with E-state index in [1.807, 2.05) is 36.4 Å². The van der Waals surface area contributed by atoms with Gasteiger partial charge < -0.3 is 14.8 Å². The Labute approximate surface area is 155 Å². The van der Waals surface area contributed by atoms with Gasteiger partial charge in [0.1, 0.15) is 11.5 Å². The molecule has 1 amide bonds. The maximum absolute atomic E-state index is 12.4. The van der Waals surface area contributed by atoms with E-state index in [1.165, 1.54) is 32.1 Å². The summed E-state index contributed by atoms with van der Waals surface area (Å²) < 4.78 is 11.1. The Morgan fingerprint density at radius 2 is 1.77 bits per heavy atom. The van der Waals surface area contributed by atoms with Gasteiger partial charge in [-0.2, -0.15) is 0 Å². The SMILES string of the molecule is COc1ccccc1C(=O)Nc1ccc(OCCC2CCCCC2)cc1. The third-order valence-electron chi connectivity index (χ3n) is 4.98. The van der Waals surface area contributed by atoms with Crippen LogP contribution in [-0.2, 0) is 0 Å². The van der Waals surface area contributed by atoms with Gasteiger partial charge in [0.05, 0.1) is 19.3 Å². The minimum atomic E-state index is -0.187. The summed E-state index contributed by atoms with van der Waals surface area (Å²) in [6.45, 7) is 0.761. The van der Waals surface area contributed by atoms with E-state index in [9.17, 15) is 4.79 Å². The van der Waals surface area contributed by atoms with Gasteiger partial charge in [0, 0.05) is 5.69 Å². The maximum Gasteiger partial charge on any atom is 0.259 e. The molecule has 2 aromatic carbocycles. The van der Waals surface area contributed by atoms with Crippen LogP contribution in [0.25, 0.3) is 0 Å². The highest BCUT2D eigenvalue weighted by molar-refractivity contribution is 6.06. The van der Waals surface area contributed by atoms with Gasteiger partial charge in [-0.25, -0.2) is 0 Å². The molecule has 1 N–H and O–H groups in total. The van der Waals surface area contributed by atoms with Crippen molar-refractivity contribution in [1.29, 1.82) is 0 Å². The topological polar surface area (TPSA) is 47.6 Å². The van der Waals surface area contributed by atoms with E-state index >= 15 is 0 Å². The van der Waals surface area contributed by atoms with Gasteiger partial charge in [-0.1, -0.05) is 44.2 Å². The zero-order valence-corrected chi connectivity index (χ0v) is 15.4. The Morgan fingerprint density at radius 1 is 1.04 bits per heavy atom. The van der Waals surface area contributed by atoms with Crippen molar-refractivity contribution >= 4 is 11.6 Å². The molecule has 1 saturated carbocycles. The quantitative estimate of drug-likeness (QED) is 0.735. The van der Waals surface area contributed by atoms with Crippen LogP contribution in [0, 0.1) is 5.92 Å². The number of rotatable bonds is 7. The molecule has 0 atom stereocenters. The first kappa shape index (κ1) is 18.3. The van der Waals surface area contributed by atoms with Crippen LogP contribution in [0.5, 0.6) is 11.5 Å². The van der Waals surface area contributed by atoms with E-state index in [4.69, 9.17) is 9.47 Å². The van der Waals surface area contributed by atoms with Gasteiger partial charge in [0.15, 0.2) is 0 Å². The van der Waals surface area contributed by atoms with Crippen molar-refractivity contribution < 1.29 is 14.3 Å². The lowest BCUT2D eigenvalue weighted by Crippen LogP contribution is -2.13. The fourth-order valence-electron chi connectivity index (χ4n) is 3.48. The summed E-state index contributed by atoms with van der Waals surface area (Å²) in [5.74, 6) is 2.04. The average Bonchev–Trinajstić information content (AvgIpc) is 2.70. The summed E-state index contributed by atoms with van der Waals surface area (Å²) in [6, 6.07) is 14.7. The molecule has 4 nitrogen and oxygen atoms in total. The molecule has 0 radical (unpaired) electrons. The summed E-state index contributed by atoms with van der Waals surface area (Å²) in [5, 5.41) is 2.89. The van der Waals surface area contributed by atoms with E-state index in [0.29, 0.717) is 11.3 Å². The molecule has 0 spiro atoms. The molecule has 0 aromatic heterocycles. The van der Waals surface area contributed by atoms with Gasteiger partial charge in [0.25, 0.3) is 5.91 Å². The van der Waals surface area contributed by atoms with E-state index in [0.717, 1.165) is 30.4 Å². The Morgan fingerprint density at radius 3 is 2.50 bits per heavy atom. The largest absolute Gasteiger partial charge is 0.496 e. The summed E-state index contributed by atoms with van der Waals surface area (Å²) in [6.07, 6.45) is 7.94. The molecule has 0 bridgehead atoms. The third-order valence-corrected chi connectivity index (χ3v) is 4.98. The number of hydrogen-bond donors (Lipinski definition) is 1. The lowest BCUT2D eigenvalue weighted by atomic mass is 9.87. The lowest BCUT2D eigenvalue weighted by molar-refractivity contribution is 0.102. The molecule has 1 aliphatic rings. The first-order valence-electron chi connectivity index (χ1n) is 9.43. The second-order valence-electron chi connectivity index (χ2n) is 6.82. The number of carbonyl (C=O) groups excluding carboxylic acids is 1. The van der Waals surface area contributed by atoms with Crippen molar-refractivity contribution in [2.75, 3.05) is 19.0 Å². The zero-order valence-electron chi connectivity index (χ0n) is 15.4. The van der Waals surface area contributed by atoms with Crippen LogP contribution in [0.15, 0.2) is 48.5 Å². The number of para-hydroxylation sites is 1. The second-order valence-corrected chi connectivity index (χ2v) is 6.82. The standard InChI is InChI=1S/C22H27NO3/c1-25-21-10-6-5-9-20(21)22(24)23-18-11-13-19(14-12-18)26-16-15-17-7-3-2-4-8-17/h5-6,9-14,17H,2-4,7-8,15-16H2,1H3,(H,23,24). The molecular weight excluding hydrogens is 326 g/mol. The van der Waals surface area contributed by atoms with Crippen molar-refractivity contribution in [2.24, 2.45) is 5.92 Å². The van der Waals surface area contributed by atoms with E-state index < -0.39 is 0 Å². The number of amides is 1. The van der Waals surface area contributed by atoms with Crippen molar-refractivity contribution in [1.82, 2.24) is 0 Å². The predicted octanol–water partition coefficient (Wildman–Crippen LogP) is 5.30. The highest BCUT2D eigenvalue weighted by Crippen LogP contribution is 2.26. The van der Waals surface area contributed by atoms with E-state index in [2.05, 4.69) is 5.32 Å². The molecule has 4 heteroatoms. The Bertz CT molecular complexity index is 706. The third kappa shape index (κ3) is 5.01. The summed E-state index contributed by atoms with van der Waals surface area (Å²) >= 11 is 0. The number of nitrogens with one attached hydrogen (secondary N) is 1. The number of hydrogen-bond acceptors (Lipinski definition) is 3. The Kier molecular flexibility index (Phi) is 6.53.